The summed E-state index contributed by atoms with van der Waals surface area (Å²) in [7, 11) is 0. The van der Waals surface area contributed by atoms with E-state index >= 15 is 0 Å². The molecule has 0 saturated heterocycles. The van der Waals surface area contributed by atoms with E-state index < -0.39 is 0 Å². The molecule has 1 heterocycles. The van der Waals surface area contributed by atoms with Gasteiger partial charge in [0, 0.05) is 25.0 Å². The third-order valence-corrected chi connectivity index (χ3v) is 3.34. The van der Waals surface area contributed by atoms with Gasteiger partial charge in [0.25, 0.3) is 5.91 Å². The summed E-state index contributed by atoms with van der Waals surface area (Å²) in [5, 5.41) is 2.96. The Morgan fingerprint density at radius 3 is 2.72 bits per heavy atom. The maximum Gasteiger partial charge on any atom is 0.271 e. The van der Waals surface area contributed by atoms with Gasteiger partial charge in [0.1, 0.15) is 5.69 Å². The van der Waals surface area contributed by atoms with Crippen molar-refractivity contribution in [2.24, 2.45) is 11.7 Å². The number of amides is 1. The fraction of sp³-hybridized carbons (Fsp3) is 0.583. The molecule has 1 aliphatic rings. The van der Waals surface area contributed by atoms with E-state index in [1.807, 2.05) is 0 Å². The van der Waals surface area contributed by atoms with Crippen molar-refractivity contribution in [3.05, 3.63) is 24.3 Å². The lowest BCUT2D eigenvalue weighted by molar-refractivity contribution is 0.0918. The average Bonchev–Trinajstić information content (AvgIpc) is 2.90. The van der Waals surface area contributed by atoms with Crippen LogP contribution in [0.15, 0.2) is 18.6 Å². The van der Waals surface area contributed by atoms with Gasteiger partial charge < -0.3 is 11.1 Å². The van der Waals surface area contributed by atoms with Crippen molar-refractivity contribution in [3.63, 3.8) is 0 Å². The van der Waals surface area contributed by atoms with Crippen LogP contribution in [0, 0.1) is 5.92 Å². The van der Waals surface area contributed by atoms with E-state index in [1.165, 1.54) is 25.2 Å². The Morgan fingerprint density at radius 2 is 2.17 bits per heavy atom. The number of nitrogens with zero attached hydrogens (tertiary/aromatic N) is 2. The summed E-state index contributed by atoms with van der Waals surface area (Å²) in [5.74, 6) is 0.334. The summed E-state index contributed by atoms with van der Waals surface area (Å²) in [4.78, 5) is 19.8. The van der Waals surface area contributed by atoms with Gasteiger partial charge in [-0.2, -0.15) is 0 Å². The lowest BCUT2D eigenvalue weighted by Gasteiger charge is -2.22. The molecule has 1 atom stereocenters. The molecule has 0 spiro atoms. The van der Waals surface area contributed by atoms with Crippen molar-refractivity contribution >= 4 is 18.3 Å². The molecular weight excluding hydrogens is 252 g/mol. The molecule has 1 fully saturated rings. The van der Waals surface area contributed by atoms with E-state index in [-0.39, 0.29) is 24.4 Å². The van der Waals surface area contributed by atoms with Gasteiger partial charge in [-0.05, 0) is 18.8 Å². The van der Waals surface area contributed by atoms with Gasteiger partial charge >= 0.3 is 0 Å². The van der Waals surface area contributed by atoms with Gasteiger partial charge in [-0.25, -0.2) is 4.98 Å². The Labute approximate surface area is 113 Å². The number of rotatable bonds is 4. The van der Waals surface area contributed by atoms with Crippen molar-refractivity contribution < 1.29 is 4.79 Å². The second-order valence-electron chi connectivity index (χ2n) is 4.45. The van der Waals surface area contributed by atoms with E-state index in [4.69, 9.17) is 5.73 Å². The van der Waals surface area contributed by atoms with Gasteiger partial charge in [-0.15, -0.1) is 12.4 Å². The fourth-order valence-corrected chi connectivity index (χ4v) is 2.39. The minimum Gasteiger partial charge on any atom is -0.346 e. The molecule has 0 aliphatic heterocycles. The van der Waals surface area contributed by atoms with Gasteiger partial charge in [0.2, 0.25) is 0 Å². The van der Waals surface area contributed by atoms with Crippen LogP contribution < -0.4 is 11.1 Å². The zero-order chi connectivity index (χ0) is 12.1. The highest BCUT2D eigenvalue weighted by atomic mass is 35.5. The minimum absolute atomic E-state index is 0. The van der Waals surface area contributed by atoms with E-state index in [2.05, 4.69) is 15.3 Å². The molecule has 6 heteroatoms. The summed E-state index contributed by atoms with van der Waals surface area (Å²) in [6.07, 6.45) is 9.32. The molecule has 1 amide bonds. The lowest BCUT2D eigenvalue weighted by Crippen LogP contribution is -2.44. The highest BCUT2D eigenvalue weighted by Gasteiger charge is 2.25. The highest BCUT2D eigenvalue weighted by molar-refractivity contribution is 5.92. The largest absolute Gasteiger partial charge is 0.346 e. The molecule has 1 saturated carbocycles. The minimum atomic E-state index is -0.180. The number of nitrogens with two attached hydrogens (primary N) is 1. The first-order chi connectivity index (χ1) is 8.31. The quantitative estimate of drug-likeness (QED) is 0.860. The van der Waals surface area contributed by atoms with E-state index in [0.29, 0.717) is 18.2 Å². The summed E-state index contributed by atoms with van der Waals surface area (Å²) < 4.78 is 0. The molecule has 0 bridgehead atoms. The number of hydrogen-bond donors (Lipinski definition) is 2. The predicted molar refractivity (Wildman–Crippen MR) is 71.5 cm³/mol. The monoisotopic (exact) mass is 270 g/mol. The van der Waals surface area contributed by atoms with E-state index in [9.17, 15) is 4.79 Å². The number of nitrogens with one attached hydrogen (secondary N) is 1. The van der Waals surface area contributed by atoms with Gasteiger partial charge in [0.15, 0.2) is 0 Å². The van der Waals surface area contributed by atoms with Crippen molar-refractivity contribution in [1.29, 1.82) is 0 Å². The first-order valence-electron chi connectivity index (χ1n) is 6.08. The zero-order valence-electron chi connectivity index (χ0n) is 10.2. The van der Waals surface area contributed by atoms with Crippen molar-refractivity contribution in [1.82, 2.24) is 15.3 Å². The predicted octanol–water partition coefficient (Wildman–Crippen LogP) is 1.15. The molecule has 1 aliphatic carbocycles. The van der Waals surface area contributed by atoms with Crippen LogP contribution >= 0.6 is 12.4 Å². The Balaban J connectivity index is 0.00000162. The van der Waals surface area contributed by atoms with Crippen LogP contribution in [0.3, 0.4) is 0 Å². The molecule has 1 aromatic heterocycles. The van der Waals surface area contributed by atoms with Crippen LogP contribution in [-0.2, 0) is 0 Å². The summed E-state index contributed by atoms with van der Waals surface area (Å²) in [5.41, 5.74) is 6.08. The Kier molecular flexibility index (Phi) is 6.01. The molecule has 2 rings (SSSR count). The van der Waals surface area contributed by atoms with Crippen molar-refractivity contribution in [3.8, 4) is 0 Å². The molecule has 1 unspecified atom stereocenters. The van der Waals surface area contributed by atoms with Crippen molar-refractivity contribution in [2.45, 2.75) is 31.7 Å². The number of carbonyl (C=O) groups excluding carboxylic acids is 1. The number of aromatic nitrogens is 2. The van der Waals surface area contributed by atoms with Crippen LogP contribution in [-0.4, -0.2) is 28.5 Å². The summed E-state index contributed by atoms with van der Waals surface area (Å²) >= 11 is 0. The topological polar surface area (TPSA) is 80.9 Å². The molecule has 5 nitrogen and oxygen atoms in total. The van der Waals surface area contributed by atoms with Crippen LogP contribution in [0.5, 0.6) is 0 Å². The van der Waals surface area contributed by atoms with Gasteiger partial charge in [0.05, 0.1) is 6.20 Å². The number of carbonyl (C=O) groups is 1. The van der Waals surface area contributed by atoms with E-state index in [0.717, 1.165) is 12.8 Å². The molecule has 0 aromatic carbocycles. The first-order valence-corrected chi connectivity index (χ1v) is 6.08. The van der Waals surface area contributed by atoms with E-state index in [1.54, 1.807) is 6.20 Å². The Hall–Kier alpha value is -1.20. The molecule has 18 heavy (non-hydrogen) atoms. The summed E-state index contributed by atoms with van der Waals surface area (Å²) in [6.45, 7) is 0.483. The first kappa shape index (κ1) is 14.9. The van der Waals surface area contributed by atoms with Gasteiger partial charge in [-0.1, -0.05) is 12.8 Å². The third-order valence-electron chi connectivity index (χ3n) is 3.34. The van der Waals surface area contributed by atoms with Crippen molar-refractivity contribution in [2.75, 3.05) is 6.54 Å². The lowest BCUT2D eigenvalue weighted by atomic mass is 9.98. The Bertz CT molecular complexity index is 368. The zero-order valence-corrected chi connectivity index (χ0v) is 11.0. The normalized spacial score (nSPS) is 16.9. The average molecular weight is 271 g/mol. The number of halogens is 1. The molecular formula is C12H19ClN4O. The smallest absolute Gasteiger partial charge is 0.271 e. The fourth-order valence-electron chi connectivity index (χ4n) is 2.39. The molecule has 3 N–H and O–H groups in total. The molecule has 100 valence electrons. The maximum absolute atomic E-state index is 11.9. The van der Waals surface area contributed by atoms with Crippen LogP contribution in [0.1, 0.15) is 36.2 Å². The molecule has 1 aromatic rings. The standard InChI is InChI=1S/C12H18N4O.ClH/c13-7-10(9-3-1-2-4-9)16-12(17)11-8-14-5-6-15-11;/h5-6,8-10H,1-4,7,13H2,(H,16,17);1H. The van der Waals surface area contributed by atoms with Crippen LogP contribution in [0.25, 0.3) is 0 Å². The van der Waals surface area contributed by atoms with Crippen LogP contribution in [0.4, 0.5) is 0 Å². The second-order valence-corrected chi connectivity index (χ2v) is 4.45. The third kappa shape index (κ3) is 3.65. The highest BCUT2D eigenvalue weighted by Crippen LogP contribution is 2.27. The SMILES string of the molecule is Cl.NCC(NC(=O)c1cnccn1)C1CCCC1. The second kappa shape index (κ2) is 7.28. The van der Waals surface area contributed by atoms with Crippen LogP contribution in [0.2, 0.25) is 0 Å². The summed E-state index contributed by atoms with van der Waals surface area (Å²) in [6, 6.07) is 0.0620. The Morgan fingerprint density at radius 1 is 1.44 bits per heavy atom. The molecule has 0 radical (unpaired) electrons. The maximum atomic E-state index is 11.9. The number of hydrogen-bond acceptors (Lipinski definition) is 4. The van der Waals surface area contributed by atoms with Gasteiger partial charge in [-0.3, -0.25) is 9.78 Å².